The van der Waals surface area contributed by atoms with E-state index in [2.05, 4.69) is 11.8 Å². The van der Waals surface area contributed by atoms with Crippen LogP contribution >= 0.6 is 0 Å². The van der Waals surface area contributed by atoms with Crippen LogP contribution in [0.2, 0.25) is 0 Å². The third-order valence-electron chi connectivity index (χ3n) is 2.53. The lowest BCUT2D eigenvalue weighted by Crippen LogP contribution is -2.35. The molecule has 0 aromatic carbocycles. The Labute approximate surface area is 82.8 Å². The van der Waals surface area contributed by atoms with Crippen molar-refractivity contribution in [2.24, 2.45) is 5.92 Å². The van der Waals surface area contributed by atoms with E-state index < -0.39 is 11.1 Å². The second-order valence-electron chi connectivity index (χ2n) is 3.91. The minimum atomic E-state index is -1.86. The molecular formula is C9H18NO2S-. The summed E-state index contributed by atoms with van der Waals surface area (Å²) in [6.45, 7) is 5.50. The second kappa shape index (κ2) is 5.73. The van der Waals surface area contributed by atoms with Crippen LogP contribution in [0.4, 0.5) is 0 Å². The van der Waals surface area contributed by atoms with E-state index in [-0.39, 0.29) is 0 Å². The Morgan fingerprint density at radius 2 is 2.38 bits per heavy atom. The van der Waals surface area contributed by atoms with Gasteiger partial charge in [-0.3, -0.25) is 4.21 Å². The third-order valence-corrected chi connectivity index (χ3v) is 3.15. The van der Waals surface area contributed by atoms with Crippen LogP contribution < -0.4 is 0 Å². The molecule has 0 bridgehead atoms. The van der Waals surface area contributed by atoms with Crippen LogP contribution in [0, 0.1) is 5.92 Å². The third kappa shape index (κ3) is 4.74. The Hall–Kier alpha value is 0.0700. The quantitative estimate of drug-likeness (QED) is 0.641. The lowest BCUT2D eigenvalue weighted by Gasteiger charge is -2.30. The Morgan fingerprint density at radius 3 is 3.00 bits per heavy atom. The van der Waals surface area contributed by atoms with Crippen molar-refractivity contribution in [3.05, 3.63) is 0 Å². The van der Waals surface area contributed by atoms with Crippen molar-refractivity contribution in [3.8, 4) is 0 Å². The first kappa shape index (κ1) is 11.1. The summed E-state index contributed by atoms with van der Waals surface area (Å²) in [5.74, 6) is 1.09. The van der Waals surface area contributed by atoms with Gasteiger partial charge in [-0.05, 0) is 38.3 Å². The zero-order valence-electron chi connectivity index (χ0n) is 8.20. The van der Waals surface area contributed by atoms with Crippen molar-refractivity contribution in [3.63, 3.8) is 0 Å². The van der Waals surface area contributed by atoms with Gasteiger partial charge in [0.05, 0.1) is 0 Å². The fraction of sp³-hybridized carbons (Fsp3) is 1.00. The fourth-order valence-corrected chi connectivity index (χ4v) is 2.26. The molecule has 0 aliphatic carbocycles. The first-order valence-corrected chi connectivity index (χ1v) is 6.21. The van der Waals surface area contributed by atoms with Crippen molar-refractivity contribution < 1.29 is 8.76 Å². The maximum Gasteiger partial charge on any atom is 0.0114 e. The molecule has 0 spiro atoms. The summed E-state index contributed by atoms with van der Waals surface area (Å²) in [5.41, 5.74) is 0. The van der Waals surface area contributed by atoms with E-state index in [1.807, 2.05) is 0 Å². The summed E-state index contributed by atoms with van der Waals surface area (Å²) in [6, 6.07) is 0. The van der Waals surface area contributed by atoms with Gasteiger partial charge in [0, 0.05) is 12.3 Å². The zero-order valence-corrected chi connectivity index (χ0v) is 9.02. The summed E-state index contributed by atoms with van der Waals surface area (Å²) in [6.07, 6.45) is 3.37. The van der Waals surface area contributed by atoms with Crippen LogP contribution in [0.3, 0.4) is 0 Å². The second-order valence-corrected chi connectivity index (χ2v) is 4.93. The van der Waals surface area contributed by atoms with Gasteiger partial charge >= 0.3 is 0 Å². The summed E-state index contributed by atoms with van der Waals surface area (Å²) in [5, 5.41) is 0. The highest BCUT2D eigenvalue weighted by molar-refractivity contribution is 7.79. The summed E-state index contributed by atoms with van der Waals surface area (Å²) < 4.78 is 20.6. The monoisotopic (exact) mass is 204 g/mol. The molecule has 0 amide bonds. The highest BCUT2D eigenvalue weighted by atomic mass is 32.2. The average Bonchev–Trinajstić information content (AvgIpc) is 2.03. The Balaban J connectivity index is 2.10. The first-order chi connectivity index (χ1) is 6.18. The molecule has 13 heavy (non-hydrogen) atoms. The molecule has 1 fully saturated rings. The molecule has 0 aromatic heterocycles. The van der Waals surface area contributed by atoms with E-state index in [0.29, 0.717) is 5.75 Å². The molecular weight excluding hydrogens is 186 g/mol. The highest BCUT2D eigenvalue weighted by Crippen LogP contribution is 2.15. The SMILES string of the molecule is CC1CCCN(CCCS(=O)[O-])C1. The standard InChI is InChI=1S/C9H19NO2S/c1-9-4-2-5-10(8-9)6-3-7-13(11)12/h9H,2-8H2,1H3,(H,11,12)/p-1. The normalized spacial score (nSPS) is 27.4. The molecule has 1 rings (SSSR count). The van der Waals surface area contributed by atoms with Crippen molar-refractivity contribution in [2.75, 3.05) is 25.4 Å². The number of likely N-dealkylation sites (tertiary alicyclic amines) is 1. The van der Waals surface area contributed by atoms with Crippen LogP contribution in [0.5, 0.6) is 0 Å². The largest absolute Gasteiger partial charge is 0.772 e. The first-order valence-electron chi connectivity index (χ1n) is 4.96. The topological polar surface area (TPSA) is 43.4 Å². The molecule has 0 saturated carbocycles. The molecule has 1 aliphatic heterocycles. The maximum absolute atomic E-state index is 10.3. The molecule has 78 valence electrons. The lowest BCUT2D eigenvalue weighted by molar-refractivity contribution is 0.184. The molecule has 1 aliphatic rings. The summed E-state index contributed by atoms with van der Waals surface area (Å²) in [4.78, 5) is 2.38. The number of rotatable bonds is 4. The molecule has 1 saturated heterocycles. The van der Waals surface area contributed by atoms with Crippen molar-refractivity contribution in [1.82, 2.24) is 4.90 Å². The number of nitrogens with zero attached hydrogens (tertiary/aromatic N) is 1. The zero-order chi connectivity index (χ0) is 9.68. The maximum atomic E-state index is 10.3. The van der Waals surface area contributed by atoms with Crippen molar-refractivity contribution >= 4 is 11.1 Å². The number of hydrogen-bond acceptors (Lipinski definition) is 3. The van der Waals surface area contributed by atoms with Crippen molar-refractivity contribution in [1.29, 1.82) is 0 Å². The van der Waals surface area contributed by atoms with Gasteiger partial charge in [-0.2, -0.15) is 0 Å². The Kier molecular flexibility index (Phi) is 4.91. The van der Waals surface area contributed by atoms with E-state index in [1.165, 1.54) is 12.8 Å². The molecule has 0 aromatic rings. The van der Waals surface area contributed by atoms with Crippen LogP contribution in [-0.2, 0) is 11.1 Å². The number of piperidine rings is 1. The molecule has 0 N–H and O–H groups in total. The van der Waals surface area contributed by atoms with E-state index in [4.69, 9.17) is 0 Å². The lowest BCUT2D eigenvalue weighted by atomic mass is 10.0. The van der Waals surface area contributed by atoms with Crippen LogP contribution in [-0.4, -0.2) is 39.0 Å². The van der Waals surface area contributed by atoms with Crippen LogP contribution in [0.1, 0.15) is 26.2 Å². The van der Waals surface area contributed by atoms with E-state index >= 15 is 0 Å². The number of hydrogen-bond donors (Lipinski definition) is 0. The van der Waals surface area contributed by atoms with Gasteiger partial charge in [0.15, 0.2) is 0 Å². The Morgan fingerprint density at radius 1 is 1.62 bits per heavy atom. The van der Waals surface area contributed by atoms with E-state index in [0.717, 1.165) is 32.0 Å². The predicted octanol–water partition coefficient (Wildman–Crippen LogP) is 0.988. The molecule has 2 atom stereocenters. The van der Waals surface area contributed by atoms with Crippen LogP contribution in [0.15, 0.2) is 0 Å². The molecule has 0 radical (unpaired) electrons. The van der Waals surface area contributed by atoms with Gasteiger partial charge in [0.1, 0.15) is 0 Å². The smallest absolute Gasteiger partial charge is 0.0114 e. The molecule has 4 heteroatoms. The Bertz CT molecular complexity index is 175. The predicted molar refractivity (Wildman–Crippen MR) is 53.2 cm³/mol. The van der Waals surface area contributed by atoms with E-state index in [1.54, 1.807) is 0 Å². The minimum Gasteiger partial charge on any atom is -0.772 e. The van der Waals surface area contributed by atoms with Gasteiger partial charge in [-0.1, -0.05) is 18.0 Å². The van der Waals surface area contributed by atoms with Gasteiger partial charge in [0.25, 0.3) is 0 Å². The van der Waals surface area contributed by atoms with Gasteiger partial charge in [-0.15, -0.1) is 0 Å². The summed E-state index contributed by atoms with van der Waals surface area (Å²) in [7, 11) is 0. The average molecular weight is 204 g/mol. The van der Waals surface area contributed by atoms with Gasteiger partial charge < -0.3 is 9.45 Å². The highest BCUT2D eigenvalue weighted by Gasteiger charge is 2.14. The molecule has 2 unspecified atom stereocenters. The minimum absolute atomic E-state index is 0.310. The van der Waals surface area contributed by atoms with E-state index in [9.17, 15) is 8.76 Å². The fourth-order valence-electron chi connectivity index (χ4n) is 1.90. The molecule has 3 nitrogen and oxygen atoms in total. The summed E-state index contributed by atoms with van der Waals surface area (Å²) >= 11 is -1.86. The molecule has 1 heterocycles. The van der Waals surface area contributed by atoms with Crippen LogP contribution in [0.25, 0.3) is 0 Å². The van der Waals surface area contributed by atoms with Crippen molar-refractivity contribution in [2.45, 2.75) is 26.2 Å². The van der Waals surface area contributed by atoms with Gasteiger partial charge in [-0.25, -0.2) is 0 Å². The van der Waals surface area contributed by atoms with Gasteiger partial charge in [0.2, 0.25) is 0 Å².